The SMILES string of the molecule is Clc1cc(-c2cccc([Si](c3ccccc3)(c3ccccc3)c3ccccc3)n2)nc(Cl)n1. The maximum atomic E-state index is 6.16. The highest BCUT2D eigenvalue weighted by Gasteiger charge is 2.42. The summed E-state index contributed by atoms with van der Waals surface area (Å²) in [6.07, 6.45) is 0. The third-order valence-corrected chi connectivity index (χ3v) is 10.7. The van der Waals surface area contributed by atoms with Gasteiger partial charge < -0.3 is 0 Å². The summed E-state index contributed by atoms with van der Waals surface area (Å²) in [5.41, 5.74) is 1.30. The summed E-state index contributed by atoms with van der Waals surface area (Å²) in [5, 5.41) is 5.16. The molecule has 0 fully saturated rings. The van der Waals surface area contributed by atoms with E-state index in [1.807, 2.05) is 30.3 Å². The van der Waals surface area contributed by atoms with E-state index in [9.17, 15) is 0 Å². The summed E-state index contributed by atoms with van der Waals surface area (Å²) in [7, 11) is -2.71. The zero-order chi connectivity index (χ0) is 22.7. The molecule has 0 aliphatic heterocycles. The quantitative estimate of drug-likeness (QED) is 0.162. The van der Waals surface area contributed by atoms with Gasteiger partial charge >= 0.3 is 0 Å². The number of aromatic nitrogens is 3. The predicted octanol–water partition coefficient (Wildman–Crippen LogP) is 4.22. The molecule has 33 heavy (non-hydrogen) atoms. The Labute approximate surface area is 203 Å². The van der Waals surface area contributed by atoms with Gasteiger partial charge in [-0.05, 0) is 39.3 Å². The largest absolute Gasteiger partial charge is 0.255 e. The van der Waals surface area contributed by atoms with Gasteiger partial charge in [0.2, 0.25) is 13.4 Å². The first-order valence-electron chi connectivity index (χ1n) is 10.5. The van der Waals surface area contributed by atoms with Gasteiger partial charge in [-0.1, -0.05) is 109 Å². The number of hydrogen-bond donors (Lipinski definition) is 0. The molecule has 0 amide bonds. The van der Waals surface area contributed by atoms with E-state index < -0.39 is 8.07 Å². The van der Waals surface area contributed by atoms with Gasteiger partial charge in [0.1, 0.15) is 5.15 Å². The molecule has 0 atom stereocenters. The van der Waals surface area contributed by atoms with Crippen molar-refractivity contribution in [2.24, 2.45) is 0 Å². The van der Waals surface area contributed by atoms with Crippen LogP contribution in [-0.4, -0.2) is 23.0 Å². The van der Waals surface area contributed by atoms with Gasteiger partial charge in [0.05, 0.1) is 11.4 Å². The van der Waals surface area contributed by atoms with E-state index in [-0.39, 0.29) is 10.4 Å². The van der Waals surface area contributed by atoms with Crippen molar-refractivity contribution in [3.63, 3.8) is 0 Å². The number of pyridine rings is 1. The van der Waals surface area contributed by atoms with Gasteiger partial charge in [0, 0.05) is 11.4 Å². The molecular weight excluding hydrogens is 465 g/mol. The van der Waals surface area contributed by atoms with E-state index >= 15 is 0 Å². The summed E-state index contributed by atoms with van der Waals surface area (Å²) in [4.78, 5) is 13.5. The van der Waals surface area contributed by atoms with Crippen LogP contribution >= 0.6 is 23.2 Å². The summed E-state index contributed by atoms with van der Waals surface area (Å²) in [6, 6.07) is 39.7. The highest BCUT2D eigenvalue weighted by molar-refractivity contribution is 7.19. The van der Waals surface area contributed by atoms with Crippen LogP contribution in [-0.2, 0) is 0 Å². The molecule has 3 nitrogen and oxygen atoms in total. The van der Waals surface area contributed by atoms with Gasteiger partial charge in [-0.2, -0.15) is 0 Å². The van der Waals surface area contributed by atoms with Gasteiger partial charge in [0.15, 0.2) is 0 Å². The Balaban J connectivity index is 1.84. The molecule has 2 aromatic heterocycles. The monoisotopic (exact) mass is 483 g/mol. The number of hydrogen-bond acceptors (Lipinski definition) is 3. The van der Waals surface area contributed by atoms with Crippen molar-refractivity contribution in [1.82, 2.24) is 15.0 Å². The normalized spacial score (nSPS) is 11.3. The fraction of sp³-hybridized carbons (Fsp3) is 0. The molecule has 0 aliphatic rings. The van der Waals surface area contributed by atoms with Gasteiger partial charge in [0.25, 0.3) is 0 Å². The van der Waals surface area contributed by atoms with Gasteiger partial charge in [-0.15, -0.1) is 0 Å². The Bertz CT molecular complexity index is 1260. The molecule has 160 valence electrons. The maximum Gasteiger partial charge on any atom is 0.224 e. The van der Waals surface area contributed by atoms with Gasteiger partial charge in [-0.25, -0.2) is 9.97 Å². The minimum atomic E-state index is -2.71. The highest BCUT2D eigenvalue weighted by atomic mass is 35.5. The van der Waals surface area contributed by atoms with E-state index in [0.717, 1.165) is 5.32 Å². The summed E-state index contributed by atoms with van der Waals surface area (Å²) in [6.45, 7) is 0. The van der Waals surface area contributed by atoms with Crippen LogP contribution in [0.15, 0.2) is 115 Å². The maximum absolute atomic E-state index is 6.16. The van der Waals surface area contributed by atoms with Crippen molar-refractivity contribution < 1.29 is 0 Å². The van der Waals surface area contributed by atoms with Crippen molar-refractivity contribution in [1.29, 1.82) is 0 Å². The Morgan fingerprint density at radius 3 is 1.48 bits per heavy atom. The molecule has 2 heterocycles. The average Bonchev–Trinajstić information content (AvgIpc) is 2.86. The number of nitrogens with zero attached hydrogens (tertiary/aromatic N) is 3. The molecule has 3 aromatic carbocycles. The lowest BCUT2D eigenvalue weighted by Crippen LogP contribution is -2.75. The van der Waals surface area contributed by atoms with Crippen LogP contribution in [0.3, 0.4) is 0 Å². The summed E-state index contributed by atoms with van der Waals surface area (Å²) >= 11 is 12.3. The summed E-state index contributed by atoms with van der Waals surface area (Å²) < 4.78 is 0. The van der Waals surface area contributed by atoms with E-state index in [1.165, 1.54) is 15.6 Å². The van der Waals surface area contributed by atoms with Crippen molar-refractivity contribution in [3.05, 3.63) is 126 Å². The molecule has 6 heteroatoms. The molecule has 0 unspecified atom stereocenters. The Morgan fingerprint density at radius 2 is 1.00 bits per heavy atom. The molecule has 5 rings (SSSR count). The Kier molecular flexibility index (Phi) is 6.05. The standard InChI is InChI=1S/C27H19Cl2N3Si/c28-25-19-24(31-27(29)32-25)23-17-10-18-26(30-23)33(20-11-4-1-5-12-20,21-13-6-2-7-14-21)22-15-8-3-9-16-22/h1-19H. The lowest BCUT2D eigenvalue weighted by molar-refractivity contribution is 1.16. The number of rotatable bonds is 5. The van der Waals surface area contributed by atoms with Crippen molar-refractivity contribution >= 4 is 52.2 Å². The fourth-order valence-electron chi connectivity index (χ4n) is 4.32. The second-order valence-corrected chi connectivity index (χ2v) is 12.1. The average molecular weight is 484 g/mol. The second kappa shape index (κ2) is 9.28. The smallest absolute Gasteiger partial charge is 0.224 e. The van der Waals surface area contributed by atoms with Crippen LogP contribution in [0.4, 0.5) is 0 Å². The highest BCUT2D eigenvalue weighted by Crippen LogP contribution is 2.20. The van der Waals surface area contributed by atoms with E-state index in [4.69, 9.17) is 28.2 Å². The zero-order valence-corrected chi connectivity index (χ0v) is 20.1. The lowest BCUT2D eigenvalue weighted by Gasteiger charge is -2.33. The lowest BCUT2D eigenvalue weighted by atomic mass is 10.3. The first-order valence-corrected chi connectivity index (χ1v) is 13.3. The Morgan fingerprint density at radius 1 is 0.485 bits per heavy atom. The molecule has 0 spiro atoms. The zero-order valence-electron chi connectivity index (χ0n) is 17.6. The topological polar surface area (TPSA) is 38.7 Å². The third kappa shape index (κ3) is 4.09. The van der Waals surface area contributed by atoms with Crippen molar-refractivity contribution in [2.75, 3.05) is 0 Å². The number of benzene rings is 3. The summed E-state index contributed by atoms with van der Waals surface area (Å²) in [5.74, 6) is 0. The molecule has 5 aromatic rings. The van der Waals surface area contributed by atoms with Crippen molar-refractivity contribution in [3.8, 4) is 11.4 Å². The molecule has 0 aliphatic carbocycles. The molecule has 0 radical (unpaired) electrons. The molecular formula is C27H19Cl2N3Si. The van der Waals surface area contributed by atoms with E-state index in [1.54, 1.807) is 6.07 Å². The minimum Gasteiger partial charge on any atom is -0.255 e. The van der Waals surface area contributed by atoms with Crippen LogP contribution in [0.5, 0.6) is 0 Å². The fourth-order valence-corrected chi connectivity index (χ4v) is 9.32. The molecule has 0 bridgehead atoms. The van der Waals surface area contributed by atoms with Crippen LogP contribution in [0.2, 0.25) is 10.4 Å². The van der Waals surface area contributed by atoms with E-state index in [2.05, 4.69) is 88.8 Å². The first kappa shape index (κ1) is 21.5. The predicted molar refractivity (Wildman–Crippen MR) is 139 cm³/mol. The van der Waals surface area contributed by atoms with Gasteiger partial charge in [-0.3, -0.25) is 4.98 Å². The molecule has 0 saturated heterocycles. The third-order valence-electron chi connectivity index (χ3n) is 5.68. The van der Waals surface area contributed by atoms with Crippen LogP contribution in [0.25, 0.3) is 11.4 Å². The van der Waals surface area contributed by atoms with Crippen molar-refractivity contribution in [2.45, 2.75) is 0 Å². The molecule has 0 saturated carbocycles. The minimum absolute atomic E-state index is 0.0994. The van der Waals surface area contributed by atoms with Crippen LogP contribution < -0.4 is 20.9 Å². The number of halogens is 2. The van der Waals surface area contributed by atoms with Crippen LogP contribution in [0.1, 0.15) is 0 Å². The first-order chi connectivity index (χ1) is 16.2. The van der Waals surface area contributed by atoms with E-state index in [0.29, 0.717) is 11.4 Å². The molecule has 0 N–H and O–H groups in total. The second-order valence-electron chi connectivity index (χ2n) is 7.60. The Hall–Kier alpha value is -3.31. The van der Waals surface area contributed by atoms with Crippen LogP contribution in [0, 0.1) is 0 Å².